The number of hydrogen-bond donors (Lipinski definition) is 0. The predicted molar refractivity (Wildman–Crippen MR) is 117 cm³/mol. The van der Waals surface area contributed by atoms with Crippen LogP contribution in [0.25, 0.3) is 0 Å². The fourth-order valence-electron chi connectivity index (χ4n) is 4.83. The van der Waals surface area contributed by atoms with Crippen molar-refractivity contribution in [3.05, 3.63) is 95.8 Å². The lowest BCUT2D eigenvalue weighted by Crippen LogP contribution is -2.59. The van der Waals surface area contributed by atoms with E-state index in [9.17, 15) is 9.18 Å². The minimum absolute atomic E-state index is 0.0102. The first kappa shape index (κ1) is 20.7. The van der Waals surface area contributed by atoms with Crippen molar-refractivity contribution in [2.24, 2.45) is 0 Å². The molecule has 32 heavy (non-hydrogen) atoms. The van der Waals surface area contributed by atoms with E-state index in [0.29, 0.717) is 39.3 Å². The third-order valence-corrected chi connectivity index (χ3v) is 6.36. The summed E-state index contributed by atoms with van der Waals surface area (Å²) in [7, 11) is 0. The van der Waals surface area contributed by atoms with E-state index >= 15 is 0 Å². The second-order valence-corrected chi connectivity index (χ2v) is 8.46. The largest absolute Gasteiger partial charge is 0.361 e. The fraction of sp³-hybridized carbons (Fsp3) is 0.320. The van der Waals surface area contributed by atoms with Crippen molar-refractivity contribution in [3.8, 4) is 0 Å². The van der Waals surface area contributed by atoms with Gasteiger partial charge in [0.1, 0.15) is 5.82 Å². The fourth-order valence-corrected chi connectivity index (χ4v) is 4.83. The molecule has 2 aliphatic rings. The monoisotopic (exact) mass is 432 g/mol. The van der Waals surface area contributed by atoms with E-state index in [0.717, 1.165) is 16.7 Å². The van der Waals surface area contributed by atoms with Crippen molar-refractivity contribution in [3.63, 3.8) is 0 Å². The van der Waals surface area contributed by atoms with E-state index in [1.54, 1.807) is 30.7 Å². The van der Waals surface area contributed by atoms with Crippen LogP contribution in [0.2, 0.25) is 0 Å². The molecule has 7 heteroatoms. The van der Waals surface area contributed by atoms with Gasteiger partial charge in [-0.15, -0.1) is 0 Å². The van der Waals surface area contributed by atoms with Gasteiger partial charge in [-0.25, -0.2) is 4.39 Å². The highest BCUT2D eigenvalue weighted by Crippen LogP contribution is 2.42. The Balaban J connectivity index is 1.44. The highest BCUT2D eigenvalue weighted by Gasteiger charge is 2.56. The first-order chi connectivity index (χ1) is 15.6. The van der Waals surface area contributed by atoms with E-state index in [4.69, 9.17) is 4.74 Å². The smallest absolute Gasteiger partial charge is 0.257 e. The van der Waals surface area contributed by atoms with E-state index in [1.807, 2.05) is 35.4 Å². The molecule has 2 atom stereocenters. The summed E-state index contributed by atoms with van der Waals surface area (Å²) in [5.41, 5.74) is 2.08. The van der Waals surface area contributed by atoms with Gasteiger partial charge in [0.05, 0.1) is 6.61 Å². The average molecular weight is 432 g/mol. The third-order valence-electron chi connectivity index (χ3n) is 6.36. The summed E-state index contributed by atoms with van der Waals surface area (Å²) in [5.74, 6) is -0.377. The number of carbonyl (C=O) groups excluding carboxylic acids is 1. The minimum Gasteiger partial charge on any atom is -0.361 e. The quantitative estimate of drug-likeness (QED) is 0.620. The molecule has 3 aromatic rings. The van der Waals surface area contributed by atoms with Crippen LogP contribution in [0.15, 0.2) is 73.3 Å². The molecular formula is C25H25FN4O2. The van der Waals surface area contributed by atoms with Crippen LogP contribution >= 0.6 is 0 Å². The standard InChI is InChI=1S/C25H25FN4O2/c26-22-5-3-19(4-6-22)15-29-17-23(21-2-1-9-28-14-21)25(18-29)24(31)30(12-13-32-25)16-20-7-10-27-11-8-20/h1-11,14,23H,12-13,15-18H2/t23-,25-/m1/s1. The number of amides is 1. The lowest BCUT2D eigenvalue weighted by atomic mass is 9.83. The van der Waals surface area contributed by atoms with Gasteiger partial charge < -0.3 is 9.64 Å². The summed E-state index contributed by atoms with van der Waals surface area (Å²) in [4.78, 5) is 26.3. The molecular weight excluding hydrogens is 407 g/mol. The van der Waals surface area contributed by atoms with Gasteiger partial charge in [-0.1, -0.05) is 18.2 Å². The molecule has 0 bridgehead atoms. The molecule has 2 fully saturated rings. The molecule has 0 unspecified atom stereocenters. The third kappa shape index (κ3) is 4.01. The summed E-state index contributed by atoms with van der Waals surface area (Å²) in [6, 6.07) is 14.3. The number of pyridine rings is 2. The van der Waals surface area contributed by atoms with Gasteiger partial charge in [-0.3, -0.25) is 19.7 Å². The number of rotatable bonds is 5. The molecule has 0 saturated carbocycles. The average Bonchev–Trinajstić information content (AvgIpc) is 3.18. The van der Waals surface area contributed by atoms with Crippen LogP contribution in [-0.4, -0.2) is 57.5 Å². The number of halogens is 1. The maximum Gasteiger partial charge on any atom is 0.257 e. The van der Waals surface area contributed by atoms with Crippen molar-refractivity contribution < 1.29 is 13.9 Å². The molecule has 5 rings (SSSR count). The summed E-state index contributed by atoms with van der Waals surface area (Å²) in [6.45, 7) is 3.34. The lowest BCUT2D eigenvalue weighted by Gasteiger charge is -2.42. The van der Waals surface area contributed by atoms with Gasteiger partial charge in [0.2, 0.25) is 0 Å². The van der Waals surface area contributed by atoms with Gasteiger partial charge in [-0.2, -0.15) is 0 Å². The maximum absolute atomic E-state index is 13.9. The molecule has 6 nitrogen and oxygen atoms in total. The zero-order valence-electron chi connectivity index (χ0n) is 17.7. The van der Waals surface area contributed by atoms with Crippen molar-refractivity contribution in [1.82, 2.24) is 19.8 Å². The summed E-state index contributed by atoms with van der Waals surface area (Å²) < 4.78 is 19.7. The molecule has 4 heterocycles. The summed E-state index contributed by atoms with van der Waals surface area (Å²) in [5, 5.41) is 0. The van der Waals surface area contributed by atoms with Crippen LogP contribution in [0.4, 0.5) is 4.39 Å². The second-order valence-electron chi connectivity index (χ2n) is 8.46. The highest BCUT2D eigenvalue weighted by molar-refractivity contribution is 5.88. The number of ether oxygens (including phenoxy) is 1. The summed E-state index contributed by atoms with van der Waals surface area (Å²) >= 11 is 0. The topological polar surface area (TPSA) is 58.6 Å². The first-order valence-corrected chi connectivity index (χ1v) is 10.8. The molecule has 2 aliphatic heterocycles. The van der Waals surface area contributed by atoms with Gasteiger partial charge in [0, 0.05) is 63.4 Å². The van der Waals surface area contributed by atoms with Crippen LogP contribution in [0, 0.1) is 5.82 Å². The second kappa shape index (κ2) is 8.76. The molecule has 1 amide bonds. The number of aromatic nitrogens is 2. The molecule has 0 N–H and O–H groups in total. The van der Waals surface area contributed by atoms with Crippen LogP contribution in [-0.2, 0) is 22.6 Å². The Hall–Kier alpha value is -3.16. The normalized spacial score (nSPS) is 23.7. The van der Waals surface area contributed by atoms with Crippen molar-refractivity contribution in [2.45, 2.75) is 24.6 Å². The number of benzene rings is 1. The molecule has 1 spiro atoms. The molecule has 0 aliphatic carbocycles. The Morgan fingerprint density at radius 2 is 1.78 bits per heavy atom. The SMILES string of the molecule is O=C1N(Cc2ccncc2)CCO[C@@]12CN(Cc1ccc(F)cc1)C[C@@H]2c1cccnc1. The van der Waals surface area contributed by atoms with E-state index in [2.05, 4.69) is 14.9 Å². The first-order valence-electron chi connectivity index (χ1n) is 10.8. The number of nitrogens with zero attached hydrogens (tertiary/aromatic N) is 4. The molecule has 0 radical (unpaired) electrons. The Morgan fingerprint density at radius 1 is 1.00 bits per heavy atom. The molecule has 1 aromatic carbocycles. The summed E-state index contributed by atoms with van der Waals surface area (Å²) in [6.07, 6.45) is 7.05. The zero-order valence-corrected chi connectivity index (χ0v) is 17.7. The molecule has 2 saturated heterocycles. The van der Waals surface area contributed by atoms with Gasteiger partial charge in [0.25, 0.3) is 5.91 Å². The van der Waals surface area contributed by atoms with Crippen LogP contribution in [0.1, 0.15) is 22.6 Å². The van der Waals surface area contributed by atoms with Gasteiger partial charge in [-0.05, 0) is 47.0 Å². The number of carbonyl (C=O) groups is 1. The van der Waals surface area contributed by atoms with E-state index < -0.39 is 5.60 Å². The van der Waals surface area contributed by atoms with E-state index in [-0.39, 0.29) is 17.6 Å². The molecule has 2 aromatic heterocycles. The van der Waals surface area contributed by atoms with Crippen molar-refractivity contribution in [1.29, 1.82) is 0 Å². The van der Waals surface area contributed by atoms with Crippen molar-refractivity contribution >= 4 is 5.91 Å². The minimum atomic E-state index is -0.964. The number of morpholine rings is 1. The van der Waals surface area contributed by atoms with Gasteiger partial charge in [0.15, 0.2) is 5.60 Å². The lowest BCUT2D eigenvalue weighted by molar-refractivity contribution is -0.173. The van der Waals surface area contributed by atoms with Crippen LogP contribution in [0.3, 0.4) is 0 Å². The Bertz CT molecular complexity index is 1060. The molecule has 164 valence electrons. The highest BCUT2D eigenvalue weighted by atomic mass is 19.1. The van der Waals surface area contributed by atoms with Gasteiger partial charge >= 0.3 is 0 Å². The van der Waals surface area contributed by atoms with Crippen LogP contribution < -0.4 is 0 Å². The number of likely N-dealkylation sites (tertiary alicyclic amines) is 1. The Kier molecular flexibility index (Phi) is 5.68. The predicted octanol–water partition coefficient (Wildman–Crippen LogP) is 3.01. The Labute approximate surface area is 186 Å². The maximum atomic E-state index is 13.9. The van der Waals surface area contributed by atoms with Crippen LogP contribution in [0.5, 0.6) is 0 Å². The van der Waals surface area contributed by atoms with Crippen molar-refractivity contribution in [2.75, 3.05) is 26.2 Å². The zero-order chi connectivity index (χ0) is 22.0. The Morgan fingerprint density at radius 3 is 2.53 bits per heavy atom. The number of hydrogen-bond acceptors (Lipinski definition) is 5. The van der Waals surface area contributed by atoms with E-state index in [1.165, 1.54) is 12.1 Å².